The summed E-state index contributed by atoms with van der Waals surface area (Å²) in [6.45, 7) is 5.88. The molecule has 0 aromatic carbocycles. The Kier molecular flexibility index (Phi) is 2.98. The zero-order chi connectivity index (χ0) is 13.5. The van der Waals surface area contributed by atoms with Crippen molar-refractivity contribution in [3.63, 3.8) is 0 Å². The Labute approximate surface area is 109 Å². The number of imidazole rings is 1. The van der Waals surface area contributed by atoms with Crippen molar-refractivity contribution < 1.29 is 9.90 Å². The van der Waals surface area contributed by atoms with Gasteiger partial charge in [0.15, 0.2) is 0 Å². The molecule has 0 aliphatic rings. The molecule has 2 aromatic heterocycles. The fourth-order valence-corrected chi connectivity index (χ4v) is 2.81. The highest BCUT2D eigenvalue weighted by Gasteiger charge is 2.27. The molecule has 2 heterocycles. The summed E-state index contributed by atoms with van der Waals surface area (Å²) < 4.78 is 1.83. The standard InChI is InChI=1S/C12H15N3O2S/c1-12(2,3)9-8(11(16)17)18-10(14-9)7-5-13-6-15(7)4/h5-6H,1-4H3,(H,16,17). The maximum absolute atomic E-state index is 11.3. The third kappa shape index (κ3) is 2.15. The summed E-state index contributed by atoms with van der Waals surface area (Å²) in [7, 11) is 1.86. The first-order chi connectivity index (χ1) is 8.30. The minimum Gasteiger partial charge on any atom is -0.477 e. The number of carboxylic acids is 1. The molecule has 0 fully saturated rings. The number of nitrogens with zero attached hydrogens (tertiary/aromatic N) is 3. The van der Waals surface area contributed by atoms with Crippen molar-refractivity contribution in [2.75, 3.05) is 0 Å². The van der Waals surface area contributed by atoms with E-state index in [2.05, 4.69) is 9.97 Å². The summed E-state index contributed by atoms with van der Waals surface area (Å²) in [5.41, 5.74) is 1.16. The van der Waals surface area contributed by atoms with Crippen LogP contribution in [0.4, 0.5) is 0 Å². The molecule has 0 atom stereocenters. The molecule has 2 aromatic rings. The van der Waals surface area contributed by atoms with E-state index in [4.69, 9.17) is 0 Å². The van der Waals surface area contributed by atoms with E-state index in [9.17, 15) is 9.90 Å². The van der Waals surface area contributed by atoms with Crippen LogP contribution in [-0.4, -0.2) is 25.6 Å². The normalized spacial score (nSPS) is 11.8. The fraction of sp³-hybridized carbons (Fsp3) is 0.417. The Morgan fingerprint density at radius 1 is 1.44 bits per heavy atom. The van der Waals surface area contributed by atoms with Crippen molar-refractivity contribution in [2.24, 2.45) is 7.05 Å². The van der Waals surface area contributed by atoms with Crippen LogP contribution in [0.2, 0.25) is 0 Å². The van der Waals surface area contributed by atoms with E-state index >= 15 is 0 Å². The van der Waals surface area contributed by atoms with Crippen molar-refractivity contribution >= 4 is 17.3 Å². The van der Waals surface area contributed by atoms with E-state index in [0.29, 0.717) is 15.6 Å². The van der Waals surface area contributed by atoms with Gasteiger partial charge < -0.3 is 9.67 Å². The molecule has 0 unspecified atom stereocenters. The van der Waals surface area contributed by atoms with Gasteiger partial charge in [-0.1, -0.05) is 20.8 Å². The smallest absolute Gasteiger partial charge is 0.347 e. The Morgan fingerprint density at radius 2 is 2.11 bits per heavy atom. The lowest BCUT2D eigenvalue weighted by molar-refractivity contribution is 0.0699. The van der Waals surface area contributed by atoms with Crippen LogP contribution in [-0.2, 0) is 12.5 Å². The minimum absolute atomic E-state index is 0.291. The van der Waals surface area contributed by atoms with Crippen molar-refractivity contribution in [2.45, 2.75) is 26.2 Å². The van der Waals surface area contributed by atoms with Gasteiger partial charge in [0.1, 0.15) is 9.88 Å². The van der Waals surface area contributed by atoms with E-state index in [1.165, 1.54) is 11.3 Å². The van der Waals surface area contributed by atoms with Crippen molar-refractivity contribution in [3.05, 3.63) is 23.1 Å². The summed E-state index contributed by atoms with van der Waals surface area (Å²) in [6, 6.07) is 0. The first-order valence-electron chi connectivity index (χ1n) is 5.52. The lowest BCUT2D eigenvalue weighted by Crippen LogP contribution is -2.16. The molecule has 1 N–H and O–H groups in total. The summed E-state index contributed by atoms with van der Waals surface area (Å²) >= 11 is 1.19. The molecule has 0 saturated carbocycles. The summed E-state index contributed by atoms with van der Waals surface area (Å²) in [4.78, 5) is 20.1. The Balaban J connectivity index is 2.60. The van der Waals surface area contributed by atoms with Gasteiger partial charge in [-0.15, -0.1) is 11.3 Å². The molecule has 18 heavy (non-hydrogen) atoms. The van der Waals surface area contributed by atoms with Crippen molar-refractivity contribution in [1.29, 1.82) is 0 Å². The minimum atomic E-state index is -0.925. The van der Waals surface area contributed by atoms with Gasteiger partial charge in [0.2, 0.25) is 0 Å². The first-order valence-corrected chi connectivity index (χ1v) is 6.33. The number of aryl methyl sites for hydroxylation is 1. The highest BCUT2D eigenvalue weighted by atomic mass is 32.1. The van der Waals surface area contributed by atoms with Crippen LogP contribution < -0.4 is 0 Å². The third-order valence-electron chi connectivity index (χ3n) is 2.57. The number of aromatic nitrogens is 3. The van der Waals surface area contributed by atoms with Gasteiger partial charge in [-0.2, -0.15) is 0 Å². The van der Waals surface area contributed by atoms with Crippen LogP contribution in [0.25, 0.3) is 10.7 Å². The predicted molar refractivity (Wildman–Crippen MR) is 70.0 cm³/mol. The van der Waals surface area contributed by atoms with Crippen LogP contribution in [0.3, 0.4) is 0 Å². The second-order valence-corrected chi connectivity index (χ2v) is 6.14. The van der Waals surface area contributed by atoms with Crippen LogP contribution in [0, 0.1) is 0 Å². The largest absolute Gasteiger partial charge is 0.477 e. The quantitative estimate of drug-likeness (QED) is 0.906. The molecule has 2 rings (SSSR count). The average Bonchev–Trinajstić information content (AvgIpc) is 2.81. The highest BCUT2D eigenvalue weighted by Crippen LogP contribution is 2.34. The van der Waals surface area contributed by atoms with Gasteiger partial charge >= 0.3 is 5.97 Å². The number of carboxylic acid groups (broad SMARTS) is 1. The molecule has 0 aliphatic carbocycles. The van der Waals surface area contributed by atoms with Crippen LogP contribution >= 0.6 is 11.3 Å². The molecule has 0 radical (unpaired) electrons. The second kappa shape index (κ2) is 4.20. The third-order valence-corrected chi connectivity index (χ3v) is 3.63. The predicted octanol–water partition coefficient (Wildman–Crippen LogP) is 2.54. The van der Waals surface area contributed by atoms with Gasteiger partial charge in [0.25, 0.3) is 0 Å². The van der Waals surface area contributed by atoms with Crippen LogP contribution in [0.15, 0.2) is 12.5 Å². The molecule has 0 saturated heterocycles. The number of thiazole rings is 1. The molecule has 5 nitrogen and oxygen atoms in total. The number of rotatable bonds is 2. The lowest BCUT2D eigenvalue weighted by Gasteiger charge is -2.15. The van der Waals surface area contributed by atoms with Crippen LogP contribution in [0.5, 0.6) is 0 Å². The Hall–Kier alpha value is -1.69. The molecule has 0 bridgehead atoms. The molecule has 6 heteroatoms. The van der Waals surface area contributed by atoms with Gasteiger partial charge in [0, 0.05) is 12.5 Å². The van der Waals surface area contributed by atoms with E-state index in [1.807, 2.05) is 32.4 Å². The zero-order valence-electron chi connectivity index (χ0n) is 10.8. The van der Waals surface area contributed by atoms with E-state index in [0.717, 1.165) is 5.69 Å². The van der Waals surface area contributed by atoms with Gasteiger partial charge in [0.05, 0.1) is 23.9 Å². The Morgan fingerprint density at radius 3 is 2.50 bits per heavy atom. The lowest BCUT2D eigenvalue weighted by atomic mass is 9.91. The van der Waals surface area contributed by atoms with Crippen molar-refractivity contribution in [1.82, 2.24) is 14.5 Å². The summed E-state index contributed by atoms with van der Waals surface area (Å²) in [5, 5.41) is 9.95. The summed E-state index contributed by atoms with van der Waals surface area (Å²) in [5.74, 6) is -0.925. The summed E-state index contributed by atoms with van der Waals surface area (Å²) in [6.07, 6.45) is 3.37. The number of aromatic carboxylic acids is 1. The average molecular weight is 265 g/mol. The Bertz CT molecular complexity index is 593. The van der Waals surface area contributed by atoms with Crippen LogP contribution in [0.1, 0.15) is 36.1 Å². The van der Waals surface area contributed by atoms with E-state index in [1.54, 1.807) is 12.5 Å². The van der Waals surface area contributed by atoms with E-state index < -0.39 is 5.97 Å². The topological polar surface area (TPSA) is 68.0 Å². The molecular weight excluding hydrogens is 250 g/mol. The number of hydrogen-bond acceptors (Lipinski definition) is 4. The molecule has 0 aliphatic heterocycles. The zero-order valence-corrected chi connectivity index (χ0v) is 11.6. The molecule has 0 amide bonds. The molecular formula is C12H15N3O2S. The van der Waals surface area contributed by atoms with Gasteiger partial charge in [-0.3, -0.25) is 0 Å². The monoisotopic (exact) mass is 265 g/mol. The number of hydrogen-bond donors (Lipinski definition) is 1. The van der Waals surface area contributed by atoms with Crippen molar-refractivity contribution in [3.8, 4) is 10.7 Å². The van der Waals surface area contributed by atoms with Gasteiger partial charge in [-0.25, -0.2) is 14.8 Å². The fourth-order valence-electron chi connectivity index (χ4n) is 1.65. The molecule has 0 spiro atoms. The van der Waals surface area contributed by atoms with Gasteiger partial charge in [-0.05, 0) is 0 Å². The maximum Gasteiger partial charge on any atom is 0.347 e. The highest BCUT2D eigenvalue weighted by molar-refractivity contribution is 7.17. The second-order valence-electron chi connectivity index (χ2n) is 5.14. The maximum atomic E-state index is 11.3. The molecule has 96 valence electrons. The number of carbonyl (C=O) groups is 1. The SMILES string of the molecule is Cn1cncc1-c1nc(C(C)(C)C)c(C(=O)O)s1. The van der Waals surface area contributed by atoms with E-state index in [-0.39, 0.29) is 5.41 Å². The first kappa shape index (κ1) is 12.8.